The zero-order valence-electron chi connectivity index (χ0n) is 8.59. The van der Waals surface area contributed by atoms with Gasteiger partial charge in [0.25, 0.3) is 0 Å². The molecule has 2 fully saturated rings. The Morgan fingerprint density at radius 3 is 2.38 bits per heavy atom. The number of Topliss-reactive ketones (excluding diaryl/α,β-unsaturated/α-hetero) is 1. The van der Waals surface area contributed by atoms with Gasteiger partial charge in [-0.25, -0.2) is 0 Å². The molecule has 0 radical (unpaired) electrons. The molecule has 1 saturated carbocycles. The Labute approximate surface area is 78.4 Å². The molecule has 0 aromatic carbocycles. The van der Waals surface area contributed by atoms with Gasteiger partial charge in [0.2, 0.25) is 0 Å². The first kappa shape index (κ1) is 9.16. The normalized spacial score (nSPS) is 40.8. The minimum Gasteiger partial charge on any atom is -0.344 e. The Morgan fingerprint density at radius 1 is 1.23 bits per heavy atom. The van der Waals surface area contributed by atoms with Crippen molar-refractivity contribution in [3.05, 3.63) is 0 Å². The molecule has 0 unspecified atom stereocenters. The summed E-state index contributed by atoms with van der Waals surface area (Å²) in [6.07, 6.45) is 0.419. The lowest BCUT2D eigenvalue weighted by Crippen LogP contribution is -2.31. The first-order valence-electron chi connectivity index (χ1n) is 4.72. The van der Waals surface area contributed by atoms with Gasteiger partial charge in [-0.1, -0.05) is 13.8 Å². The molecule has 3 nitrogen and oxygen atoms in total. The van der Waals surface area contributed by atoms with E-state index in [9.17, 15) is 4.79 Å². The molecule has 2 aliphatic rings. The summed E-state index contributed by atoms with van der Waals surface area (Å²) in [5, 5.41) is 0. The number of fused-ring (bicyclic) bond motifs is 1. The highest BCUT2D eigenvalue weighted by Gasteiger charge is 2.56. The van der Waals surface area contributed by atoms with Crippen molar-refractivity contribution in [1.82, 2.24) is 0 Å². The standard InChI is InChI=1S/C10H16O3/c1-9(2)5-6-7(8(9)11)13-10(3,4)12-6/h6-7H,5H2,1-4H3/t6-,7-/m1/s1. The Kier molecular flexibility index (Phi) is 1.65. The van der Waals surface area contributed by atoms with Gasteiger partial charge in [-0.05, 0) is 20.3 Å². The van der Waals surface area contributed by atoms with Crippen LogP contribution in [-0.2, 0) is 14.3 Å². The van der Waals surface area contributed by atoms with Gasteiger partial charge in [-0.15, -0.1) is 0 Å². The SMILES string of the molecule is CC1(C)O[C@@H]2CC(C)(C)C(=O)[C@@H]2O1. The van der Waals surface area contributed by atoms with Crippen LogP contribution in [0, 0.1) is 5.41 Å². The van der Waals surface area contributed by atoms with E-state index < -0.39 is 5.79 Å². The monoisotopic (exact) mass is 184 g/mol. The van der Waals surface area contributed by atoms with E-state index in [2.05, 4.69) is 0 Å². The molecule has 74 valence electrons. The number of hydrogen-bond donors (Lipinski definition) is 0. The Hall–Kier alpha value is -0.410. The molecule has 13 heavy (non-hydrogen) atoms. The maximum atomic E-state index is 11.8. The van der Waals surface area contributed by atoms with E-state index in [1.807, 2.05) is 27.7 Å². The summed E-state index contributed by atoms with van der Waals surface area (Å²) in [7, 11) is 0. The minimum atomic E-state index is -0.582. The summed E-state index contributed by atoms with van der Waals surface area (Å²) in [6.45, 7) is 7.61. The van der Waals surface area contributed by atoms with Gasteiger partial charge in [0, 0.05) is 5.41 Å². The first-order chi connectivity index (χ1) is 5.82. The fraction of sp³-hybridized carbons (Fsp3) is 0.900. The van der Waals surface area contributed by atoms with Gasteiger partial charge >= 0.3 is 0 Å². The lowest BCUT2D eigenvalue weighted by atomic mass is 9.90. The number of rotatable bonds is 0. The van der Waals surface area contributed by atoms with Crippen molar-refractivity contribution < 1.29 is 14.3 Å². The molecule has 1 aliphatic heterocycles. The molecule has 0 aromatic heterocycles. The number of carbonyl (C=O) groups excluding carboxylic acids is 1. The minimum absolute atomic E-state index is 0.0301. The zero-order chi connectivity index (χ0) is 9.85. The Bertz CT molecular complexity index is 255. The highest BCUT2D eigenvalue weighted by atomic mass is 16.8. The molecule has 0 bridgehead atoms. The molecule has 0 spiro atoms. The summed E-state index contributed by atoms with van der Waals surface area (Å²) < 4.78 is 11.2. The van der Waals surface area contributed by atoms with Gasteiger partial charge in [0.05, 0.1) is 6.10 Å². The van der Waals surface area contributed by atoms with E-state index in [0.717, 1.165) is 6.42 Å². The van der Waals surface area contributed by atoms with Crippen LogP contribution in [0.5, 0.6) is 0 Å². The van der Waals surface area contributed by atoms with Crippen molar-refractivity contribution in [2.45, 2.75) is 52.1 Å². The number of hydrogen-bond acceptors (Lipinski definition) is 3. The van der Waals surface area contributed by atoms with Gasteiger partial charge in [0.1, 0.15) is 6.10 Å². The second-order valence-corrected chi connectivity index (χ2v) is 5.05. The van der Waals surface area contributed by atoms with E-state index in [4.69, 9.17) is 9.47 Å². The average molecular weight is 184 g/mol. The topological polar surface area (TPSA) is 35.5 Å². The van der Waals surface area contributed by atoms with Crippen molar-refractivity contribution in [3.63, 3.8) is 0 Å². The summed E-state index contributed by atoms with van der Waals surface area (Å²) in [4.78, 5) is 11.8. The lowest BCUT2D eigenvalue weighted by molar-refractivity contribution is -0.166. The first-order valence-corrected chi connectivity index (χ1v) is 4.72. The largest absolute Gasteiger partial charge is 0.344 e. The molecule has 0 N–H and O–H groups in total. The number of carbonyl (C=O) groups is 1. The van der Waals surface area contributed by atoms with Crippen molar-refractivity contribution in [3.8, 4) is 0 Å². The van der Waals surface area contributed by atoms with Crippen molar-refractivity contribution >= 4 is 5.78 Å². The van der Waals surface area contributed by atoms with Crippen LogP contribution in [0.15, 0.2) is 0 Å². The predicted molar refractivity (Wildman–Crippen MR) is 47.2 cm³/mol. The quantitative estimate of drug-likeness (QED) is 0.572. The van der Waals surface area contributed by atoms with Crippen LogP contribution < -0.4 is 0 Å². The molecular formula is C10H16O3. The molecule has 1 heterocycles. The Balaban J connectivity index is 2.21. The van der Waals surface area contributed by atoms with E-state index in [1.165, 1.54) is 0 Å². The van der Waals surface area contributed by atoms with Crippen LogP contribution in [0.1, 0.15) is 34.1 Å². The molecule has 1 aliphatic carbocycles. The van der Waals surface area contributed by atoms with Crippen molar-refractivity contribution in [1.29, 1.82) is 0 Å². The molecule has 1 saturated heterocycles. The fourth-order valence-electron chi connectivity index (χ4n) is 2.20. The Morgan fingerprint density at radius 2 is 1.85 bits per heavy atom. The summed E-state index contributed by atoms with van der Waals surface area (Å²) in [6, 6.07) is 0. The molecular weight excluding hydrogens is 168 g/mol. The van der Waals surface area contributed by atoms with Gasteiger partial charge in [0.15, 0.2) is 11.6 Å². The van der Waals surface area contributed by atoms with Gasteiger partial charge < -0.3 is 9.47 Å². The highest BCUT2D eigenvalue weighted by Crippen LogP contribution is 2.44. The molecule has 3 heteroatoms. The summed E-state index contributed by atoms with van der Waals surface area (Å²) in [5.41, 5.74) is -0.272. The van der Waals surface area contributed by atoms with Crippen LogP contribution in [0.4, 0.5) is 0 Å². The fourth-order valence-corrected chi connectivity index (χ4v) is 2.20. The van der Waals surface area contributed by atoms with E-state index in [0.29, 0.717) is 0 Å². The smallest absolute Gasteiger partial charge is 0.170 e. The van der Waals surface area contributed by atoms with E-state index >= 15 is 0 Å². The third kappa shape index (κ3) is 1.30. The molecule has 0 amide bonds. The molecule has 0 aromatic rings. The van der Waals surface area contributed by atoms with Gasteiger partial charge in [-0.3, -0.25) is 4.79 Å². The molecule has 2 rings (SSSR count). The third-order valence-electron chi connectivity index (χ3n) is 2.82. The summed E-state index contributed by atoms with van der Waals surface area (Å²) >= 11 is 0. The molecule has 2 atom stereocenters. The number of ether oxygens (including phenoxy) is 2. The van der Waals surface area contributed by atoms with Crippen LogP contribution in [0.2, 0.25) is 0 Å². The van der Waals surface area contributed by atoms with Crippen LogP contribution in [-0.4, -0.2) is 23.8 Å². The van der Waals surface area contributed by atoms with Crippen LogP contribution >= 0.6 is 0 Å². The third-order valence-corrected chi connectivity index (χ3v) is 2.82. The highest BCUT2D eigenvalue weighted by molar-refractivity contribution is 5.91. The average Bonchev–Trinajstić information content (AvgIpc) is 2.30. The maximum Gasteiger partial charge on any atom is 0.170 e. The van der Waals surface area contributed by atoms with Crippen molar-refractivity contribution in [2.24, 2.45) is 5.41 Å². The van der Waals surface area contributed by atoms with Gasteiger partial charge in [-0.2, -0.15) is 0 Å². The van der Waals surface area contributed by atoms with Crippen LogP contribution in [0.3, 0.4) is 0 Å². The lowest BCUT2D eigenvalue weighted by Gasteiger charge is -2.22. The van der Waals surface area contributed by atoms with E-state index in [-0.39, 0.29) is 23.4 Å². The predicted octanol–water partition coefficient (Wildman–Crippen LogP) is 1.51. The second-order valence-electron chi connectivity index (χ2n) is 5.05. The van der Waals surface area contributed by atoms with E-state index in [1.54, 1.807) is 0 Å². The summed E-state index contributed by atoms with van der Waals surface area (Å²) in [5.74, 6) is -0.398. The zero-order valence-corrected chi connectivity index (χ0v) is 8.59. The second kappa shape index (κ2) is 2.34. The maximum absolute atomic E-state index is 11.8. The van der Waals surface area contributed by atoms with Crippen molar-refractivity contribution in [2.75, 3.05) is 0 Å². The number of ketones is 1. The van der Waals surface area contributed by atoms with Crippen LogP contribution in [0.25, 0.3) is 0 Å².